The third-order valence-electron chi connectivity index (χ3n) is 6.73. The zero-order valence-corrected chi connectivity index (χ0v) is 22.1. The van der Waals surface area contributed by atoms with Crippen molar-refractivity contribution in [1.29, 1.82) is 0 Å². The van der Waals surface area contributed by atoms with E-state index in [2.05, 4.69) is 29.0 Å². The van der Waals surface area contributed by atoms with E-state index in [4.69, 9.17) is 19.4 Å². The predicted octanol–water partition coefficient (Wildman–Crippen LogP) is 5.90. The fourth-order valence-electron chi connectivity index (χ4n) is 4.83. The van der Waals surface area contributed by atoms with Crippen molar-refractivity contribution >= 4 is 28.0 Å². The molecule has 5 aromatic rings. The van der Waals surface area contributed by atoms with Gasteiger partial charge in [0.25, 0.3) is 0 Å². The molecular formula is C30H32N4O4. The van der Waals surface area contributed by atoms with Crippen LogP contribution in [0, 0.1) is 5.92 Å². The first kappa shape index (κ1) is 25.5. The number of aromatic hydroxyl groups is 1. The van der Waals surface area contributed by atoms with Crippen LogP contribution in [0.1, 0.15) is 30.6 Å². The Kier molecular flexibility index (Phi) is 7.15. The van der Waals surface area contributed by atoms with Crippen LogP contribution in [-0.2, 0) is 22.6 Å². The van der Waals surface area contributed by atoms with Crippen LogP contribution in [0.25, 0.3) is 44.8 Å². The van der Waals surface area contributed by atoms with Crippen LogP contribution in [-0.4, -0.2) is 51.0 Å². The largest absolute Gasteiger partial charge is 0.508 e. The van der Waals surface area contributed by atoms with Gasteiger partial charge in [-0.15, -0.1) is 0 Å². The molecule has 2 heterocycles. The van der Waals surface area contributed by atoms with Gasteiger partial charge in [-0.3, -0.25) is 0 Å². The Morgan fingerprint density at radius 1 is 0.921 bits per heavy atom. The van der Waals surface area contributed by atoms with Crippen molar-refractivity contribution in [3.05, 3.63) is 66.2 Å². The maximum Gasteiger partial charge on any atom is 0.337 e. The van der Waals surface area contributed by atoms with Crippen molar-refractivity contribution in [2.45, 2.75) is 33.4 Å². The number of fused-ring (bicyclic) bond motifs is 2. The summed E-state index contributed by atoms with van der Waals surface area (Å²) in [6, 6.07) is 18.7. The number of hydrogen-bond donors (Lipinski definition) is 1. The second-order valence-electron chi connectivity index (χ2n) is 9.77. The molecule has 0 atom stereocenters. The minimum atomic E-state index is -0.388. The lowest BCUT2D eigenvalue weighted by atomic mass is 10.1. The van der Waals surface area contributed by atoms with Crippen molar-refractivity contribution < 1.29 is 19.4 Å². The van der Waals surface area contributed by atoms with Crippen LogP contribution in [0.2, 0.25) is 0 Å². The van der Waals surface area contributed by atoms with Gasteiger partial charge in [0.2, 0.25) is 0 Å². The zero-order chi connectivity index (χ0) is 26.8. The summed E-state index contributed by atoms with van der Waals surface area (Å²) in [5, 5.41) is 10.1. The topological polar surface area (TPSA) is 91.4 Å². The Hall–Kier alpha value is -4.17. The predicted molar refractivity (Wildman–Crippen MR) is 148 cm³/mol. The fourth-order valence-corrected chi connectivity index (χ4v) is 4.83. The Labute approximate surface area is 221 Å². The van der Waals surface area contributed by atoms with Crippen molar-refractivity contribution in [3.8, 4) is 28.5 Å². The lowest BCUT2D eigenvalue weighted by Crippen LogP contribution is -2.08. The molecule has 0 saturated carbocycles. The molecule has 196 valence electrons. The maximum absolute atomic E-state index is 12.2. The number of nitrogens with zero attached hydrogens (tertiary/aromatic N) is 4. The lowest BCUT2D eigenvalue weighted by molar-refractivity contribution is 0.0601. The smallest absolute Gasteiger partial charge is 0.337 e. The summed E-state index contributed by atoms with van der Waals surface area (Å²) >= 11 is 0. The number of para-hydroxylation sites is 1. The van der Waals surface area contributed by atoms with E-state index in [1.54, 1.807) is 31.4 Å². The van der Waals surface area contributed by atoms with Gasteiger partial charge >= 0.3 is 5.97 Å². The number of carbonyl (C=O) groups excluding carboxylic acids is 1. The van der Waals surface area contributed by atoms with Crippen LogP contribution in [0.4, 0.5) is 0 Å². The molecule has 8 heteroatoms. The molecule has 0 spiro atoms. The summed E-state index contributed by atoms with van der Waals surface area (Å²) in [5.41, 5.74) is 5.69. The van der Waals surface area contributed by atoms with E-state index in [0.29, 0.717) is 24.6 Å². The number of aromatic nitrogens is 4. The molecule has 0 amide bonds. The second-order valence-corrected chi connectivity index (χ2v) is 9.77. The van der Waals surface area contributed by atoms with Crippen molar-refractivity contribution in [2.24, 2.45) is 5.92 Å². The van der Waals surface area contributed by atoms with E-state index in [0.717, 1.165) is 57.8 Å². The quantitative estimate of drug-likeness (QED) is 0.247. The number of phenolic OH excluding ortho intramolecular Hbond substituents is 1. The fraction of sp³-hybridized carbons (Fsp3) is 0.300. The monoisotopic (exact) mass is 512 g/mol. The summed E-state index contributed by atoms with van der Waals surface area (Å²) in [6.45, 7) is 6.27. The van der Waals surface area contributed by atoms with E-state index < -0.39 is 0 Å². The van der Waals surface area contributed by atoms with Crippen LogP contribution in [0.15, 0.2) is 60.7 Å². The molecule has 0 unspecified atom stereocenters. The van der Waals surface area contributed by atoms with E-state index >= 15 is 0 Å². The van der Waals surface area contributed by atoms with Gasteiger partial charge in [-0.05, 0) is 54.8 Å². The molecule has 0 aliphatic rings. The Morgan fingerprint density at radius 2 is 1.71 bits per heavy atom. The highest BCUT2D eigenvalue weighted by Gasteiger charge is 2.22. The minimum Gasteiger partial charge on any atom is -0.508 e. The molecule has 5 rings (SSSR count). The van der Waals surface area contributed by atoms with Gasteiger partial charge < -0.3 is 23.7 Å². The van der Waals surface area contributed by atoms with Gasteiger partial charge in [0, 0.05) is 31.3 Å². The number of phenols is 1. The zero-order valence-electron chi connectivity index (χ0n) is 22.1. The van der Waals surface area contributed by atoms with E-state index in [-0.39, 0.29) is 11.7 Å². The van der Waals surface area contributed by atoms with Crippen LogP contribution in [0.5, 0.6) is 5.75 Å². The molecular weight excluding hydrogens is 480 g/mol. The number of esters is 1. The first-order chi connectivity index (χ1) is 18.4. The third kappa shape index (κ3) is 4.75. The van der Waals surface area contributed by atoms with Gasteiger partial charge in [-0.2, -0.15) is 0 Å². The molecule has 0 fully saturated rings. The minimum absolute atomic E-state index is 0.185. The molecule has 2 aromatic heterocycles. The molecule has 0 aliphatic heterocycles. The van der Waals surface area contributed by atoms with Crippen molar-refractivity contribution in [3.63, 3.8) is 0 Å². The van der Waals surface area contributed by atoms with Gasteiger partial charge in [0.05, 0.1) is 41.3 Å². The summed E-state index contributed by atoms with van der Waals surface area (Å²) in [5.74, 6) is 1.87. The average Bonchev–Trinajstić information content (AvgIpc) is 3.48. The molecule has 38 heavy (non-hydrogen) atoms. The highest BCUT2D eigenvalue weighted by atomic mass is 16.5. The number of ether oxygens (including phenoxy) is 2. The number of benzene rings is 3. The molecule has 0 bridgehead atoms. The van der Waals surface area contributed by atoms with E-state index in [9.17, 15) is 9.90 Å². The van der Waals surface area contributed by atoms with Gasteiger partial charge in [0.1, 0.15) is 17.4 Å². The number of methoxy groups -OCH3 is 2. The summed E-state index contributed by atoms with van der Waals surface area (Å²) in [7, 11) is 3.06. The Balaban J connectivity index is 1.77. The molecule has 0 aliphatic carbocycles. The SMILES string of the molecule is COCCn1c(-c2cccc(O)c2)nc2cccc(-c3nc4cc(C(=O)OC)ccc4n3CCC(C)C)c21. The van der Waals surface area contributed by atoms with E-state index in [1.165, 1.54) is 7.11 Å². The third-order valence-corrected chi connectivity index (χ3v) is 6.73. The first-order valence-corrected chi connectivity index (χ1v) is 12.8. The molecule has 0 saturated heterocycles. The number of rotatable bonds is 9. The van der Waals surface area contributed by atoms with Crippen molar-refractivity contribution in [1.82, 2.24) is 19.1 Å². The Bertz CT molecular complexity index is 1620. The second kappa shape index (κ2) is 10.7. The summed E-state index contributed by atoms with van der Waals surface area (Å²) < 4.78 is 14.7. The van der Waals surface area contributed by atoms with Crippen LogP contribution < -0.4 is 0 Å². The first-order valence-electron chi connectivity index (χ1n) is 12.8. The standard InChI is InChI=1S/C30H32N4O4/c1-19(2)13-14-33-26-12-11-21(30(36)38-4)18-25(26)32-29(33)23-9-6-10-24-27(23)34(15-16-37-3)28(31-24)20-7-5-8-22(35)17-20/h5-12,17-19,35H,13-16H2,1-4H3. The average molecular weight is 513 g/mol. The van der Waals surface area contributed by atoms with Crippen LogP contribution in [0.3, 0.4) is 0 Å². The number of carbonyl (C=O) groups is 1. The molecule has 3 aromatic carbocycles. The number of hydrogen-bond acceptors (Lipinski definition) is 6. The normalized spacial score (nSPS) is 11.6. The van der Waals surface area contributed by atoms with Gasteiger partial charge in [0.15, 0.2) is 0 Å². The summed E-state index contributed by atoms with van der Waals surface area (Å²) in [6.07, 6.45) is 0.977. The lowest BCUT2D eigenvalue weighted by Gasteiger charge is -2.14. The highest BCUT2D eigenvalue weighted by Crippen LogP contribution is 2.35. The van der Waals surface area contributed by atoms with Gasteiger partial charge in [-0.25, -0.2) is 14.8 Å². The number of imidazole rings is 2. The van der Waals surface area contributed by atoms with Crippen LogP contribution >= 0.6 is 0 Å². The van der Waals surface area contributed by atoms with Crippen molar-refractivity contribution in [2.75, 3.05) is 20.8 Å². The van der Waals surface area contributed by atoms with E-state index in [1.807, 2.05) is 30.3 Å². The number of aryl methyl sites for hydroxylation is 1. The van der Waals surface area contributed by atoms with Gasteiger partial charge in [-0.1, -0.05) is 32.0 Å². The molecule has 0 radical (unpaired) electrons. The molecule has 1 N–H and O–H groups in total. The molecule has 8 nitrogen and oxygen atoms in total. The summed E-state index contributed by atoms with van der Waals surface area (Å²) in [4.78, 5) is 22.2. The highest BCUT2D eigenvalue weighted by molar-refractivity contribution is 5.97. The maximum atomic E-state index is 12.2. The Morgan fingerprint density at radius 3 is 2.45 bits per heavy atom.